The number of esters is 1. The van der Waals surface area contributed by atoms with E-state index < -0.39 is 6.10 Å². The molecule has 2 fully saturated rings. The van der Waals surface area contributed by atoms with Crippen molar-refractivity contribution >= 4 is 5.97 Å². The van der Waals surface area contributed by atoms with Crippen molar-refractivity contribution in [3.63, 3.8) is 0 Å². The number of ether oxygens (including phenoxy) is 4. The fraction of sp³-hybridized carbons (Fsp3) is 0.941. The molecule has 5 heteroatoms. The number of fused-ring (bicyclic) bond motifs is 1. The minimum atomic E-state index is -0.657. The number of methoxy groups -OCH3 is 2. The number of carbonyl (C=O) groups excluding carboxylic acids is 1. The summed E-state index contributed by atoms with van der Waals surface area (Å²) >= 11 is 0. The van der Waals surface area contributed by atoms with Gasteiger partial charge in [-0.3, -0.25) is 0 Å². The summed E-state index contributed by atoms with van der Waals surface area (Å²) in [7, 11) is 3.06. The normalized spacial score (nSPS) is 34.4. The molecule has 1 aliphatic carbocycles. The van der Waals surface area contributed by atoms with Crippen LogP contribution in [0.4, 0.5) is 0 Å². The maximum atomic E-state index is 12.0. The lowest BCUT2D eigenvalue weighted by atomic mass is 9.76. The predicted molar refractivity (Wildman–Crippen MR) is 82.6 cm³/mol. The van der Waals surface area contributed by atoms with Crippen molar-refractivity contribution in [1.82, 2.24) is 0 Å². The summed E-state index contributed by atoms with van der Waals surface area (Å²) in [5.41, 5.74) is 0.171. The van der Waals surface area contributed by atoms with E-state index in [4.69, 9.17) is 18.9 Å². The van der Waals surface area contributed by atoms with Crippen molar-refractivity contribution < 1.29 is 23.7 Å². The predicted octanol–water partition coefficient (Wildman–Crippen LogP) is 2.56. The molecule has 0 N–H and O–H groups in total. The maximum absolute atomic E-state index is 12.0. The summed E-state index contributed by atoms with van der Waals surface area (Å²) in [4.78, 5) is 12.0. The van der Waals surface area contributed by atoms with Gasteiger partial charge < -0.3 is 18.9 Å². The highest BCUT2D eigenvalue weighted by Crippen LogP contribution is 2.50. The highest BCUT2D eigenvalue weighted by Gasteiger charge is 2.55. The molecule has 0 aromatic heterocycles. The molecule has 0 bridgehead atoms. The Morgan fingerprint density at radius 2 is 2.05 bits per heavy atom. The van der Waals surface area contributed by atoms with E-state index in [0.29, 0.717) is 24.5 Å². The van der Waals surface area contributed by atoms with E-state index in [1.807, 2.05) is 0 Å². The largest absolute Gasteiger partial charge is 0.464 e. The van der Waals surface area contributed by atoms with Crippen LogP contribution in [0.15, 0.2) is 0 Å². The van der Waals surface area contributed by atoms with Gasteiger partial charge in [0.1, 0.15) is 0 Å². The summed E-state index contributed by atoms with van der Waals surface area (Å²) in [5, 5.41) is 0. The second-order valence-electron chi connectivity index (χ2n) is 6.98. The molecule has 1 saturated carbocycles. The zero-order chi connectivity index (χ0) is 16.3. The SMILES string of the molecule is COC(C)C(OC)C(=O)OCCC(C)C1CCC2(C)OC2C1. The van der Waals surface area contributed by atoms with Crippen LogP contribution in [-0.2, 0) is 23.7 Å². The topological polar surface area (TPSA) is 57.3 Å². The first-order valence-corrected chi connectivity index (χ1v) is 8.31. The molecule has 0 amide bonds. The van der Waals surface area contributed by atoms with Crippen LogP contribution in [0.25, 0.3) is 0 Å². The second-order valence-corrected chi connectivity index (χ2v) is 6.98. The Morgan fingerprint density at radius 1 is 1.32 bits per heavy atom. The summed E-state index contributed by atoms with van der Waals surface area (Å²) in [6.07, 6.45) is 3.89. The number of rotatable bonds is 8. The molecule has 2 aliphatic rings. The van der Waals surface area contributed by atoms with Gasteiger partial charge in [0, 0.05) is 14.2 Å². The molecule has 0 aromatic rings. The molecular weight excluding hydrogens is 284 g/mol. The monoisotopic (exact) mass is 314 g/mol. The van der Waals surface area contributed by atoms with Crippen molar-refractivity contribution in [3.8, 4) is 0 Å². The number of carbonyl (C=O) groups is 1. The standard InChI is InChI=1S/C17H30O5/c1-11(13-6-8-17(3)14(10-13)22-17)7-9-21-16(18)15(20-5)12(2)19-4/h11-15H,6-10H2,1-5H3. The van der Waals surface area contributed by atoms with Crippen molar-refractivity contribution in [2.45, 2.75) is 70.4 Å². The first-order valence-electron chi connectivity index (χ1n) is 8.31. The summed E-state index contributed by atoms with van der Waals surface area (Å²) < 4.78 is 21.4. The van der Waals surface area contributed by atoms with Crippen molar-refractivity contribution in [3.05, 3.63) is 0 Å². The summed E-state index contributed by atoms with van der Waals surface area (Å²) in [5.74, 6) is 0.878. The Morgan fingerprint density at radius 3 is 2.64 bits per heavy atom. The lowest BCUT2D eigenvalue weighted by Gasteiger charge is -2.28. The van der Waals surface area contributed by atoms with E-state index in [0.717, 1.165) is 19.3 Å². The van der Waals surface area contributed by atoms with Crippen LogP contribution in [0.5, 0.6) is 0 Å². The first-order chi connectivity index (χ1) is 10.4. The molecular formula is C17H30O5. The molecule has 2 rings (SSSR count). The van der Waals surface area contributed by atoms with Gasteiger partial charge in [0.15, 0.2) is 6.10 Å². The van der Waals surface area contributed by atoms with Crippen LogP contribution in [0.1, 0.15) is 46.5 Å². The molecule has 1 saturated heterocycles. The smallest absolute Gasteiger partial charge is 0.337 e. The number of hydrogen-bond acceptors (Lipinski definition) is 5. The maximum Gasteiger partial charge on any atom is 0.337 e. The molecule has 6 atom stereocenters. The van der Waals surface area contributed by atoms with Gasteiger partial charge in [0.2, 0.25) is 0 Å². The zero-order valence-electron chi connectivity index (χ0n) is 14.5. The fourth-order valence-corrected chi connectivity index (χ4v) is 3.46. The minimum Gasteiger partial charge on any atom is -0.464 e. The molecule has 1 aliphatic heterocycles. The van der Waals surface area contributed by atoms with E-state index in [2.05, 4.69) is 13.8 Å². The van der Waals surface area contributed by atoms with Gasteiger partial charge in [-0.15, -0.1) is 0 Å². The highest BCUT2D eigenvalue weighted by molar-refractivity contribution is 5.75. The van der Waals surface area contributed by atoms with E-state index in [1.165, 1.54) is 13.5 Å². The third-order valence-electron chi connectivity index (χ3n) is 5.47. The van der Waals surface area contributed by atoms with E-state index >= 15 is 0 Å². The lowest BCUT2D eigenvalue weighted by molar-refractivity contribution is -0.163. The van der Waals surface area contributed by atoms with E-state index in [9.17, 15) is 4.79 Å². The van der Waals surface area contributed by atoms with Gasteiger partial charge >= 0.3 is 5.97 Å². The van der Waals surface area contributed by atoms with Crippen LogP contribution in [0.3, 0.4) is 0 Å². The average Bonchev–Trinajstić information content (AvgIpc) is 3.17. The Labute approximate surface area is 133 Å². The van der Waals surface area contributed by atoms with Gasteiger partial charge in [-0.05, 0) is 51.4 Å². The van der Waals surface area contributed by atoms with Crippen LogP contribution >= 0.6 is 0 Å². The van der Waals surface area contributed by atoms with Gasteiger partial charge in [0.05, 0.1) is 24.4 Å². The van der Waals surface area contributed by atoms with Gasteiger partial charge in [-0.2, -0.15) is 0 Å². The third-order valence-corrected chi connectivity index (χ3v) is 5.47. The molecule has 1 heterocycles. The Bertz CT molecular complexity index is 385. The van der Waals surface area contributed by atoms with Crippen molar-refractivity contribution in [2.75, 3.05) is 20.8 Å². The van der Waals surface area contributed by atoms with Crippen LogP contribution in [0, 0.1) is 11.8 Å². The number of epoxide rings is 1. The lowest BCUT2D eigenvalue weighted by Crippen LogP contribution is -2.37. The molecule has 0 radical (unpaired) electrons. The molecule has 0 spiro atoms. The summed E-state index contributed by atoms with van der Waals surface area (Å²) in [6.45, 7) is 6.69. The van der Waals surface area contributed by atoms with Gasteiger partial charge in [0.25, 0.3) is 0 Å². The van der Waals surface area contributed by atoms with Crippen LogP contribution < -0.4 is 0 Å². The molecule has 0 aromatic carbocycles. The van der Waals surface area contributed by atoms with Crippen LogP contribution in [0.2, 0.25) is 0 Å². The molecule has 6 unspecified atom stereocenters. The van der Waals surface area contributed by atoms with Gasteiger partial charge in [-0.25, -0.2) is 4.79 Å². The average molecular weight is 314 g/mol. The Balaban J connectivity index is 1.68. The zero-order valence-corrected chi connectivity index (χ0v) is 14.5. The molecule has 5 nitrogen and oxygen atoms in total. The Hall–Kier alpha value is -0.650. The summed E-state index contributed by atoms with van der Waals surface area (Å²) in [6, 6.07) is 0. The van der Waals surface area contributed by atoms with E-state index in [-0.39, 0.29) is 17.7 Å². The van der Waals surface area contributed by atoms with E-state index in [1.54, 1.807) is 14.0 Å². The van der Waals surface area contributed by atoms with Crippen molar-refractivity contribution in [2.24, 2.45) is 11.8 Å². The number of hydrogen-bond donors (Lipinski definition) is 0. The fourth-order valence-electron chi connectivity index (χ4n) is 3.46. The highest BCUT2D eigenvalue weighted by atomic mass is 16.6. The first kappa shape index (κ1) is 17.7. The van der Waals surface area contributed by atoms with Gasteiger partial charge in [-0.1, -0.05) is 6.92 Å². The molecule has 22 heavy (non-hydrogen) atoms. The third kappa shape index (κ3) is 4.00. The van der Waals surface area contributed by atoms with Crippen molar-refractivity contribution in [1.29, 1.82) is 0 Å². The Kier molecular flexibility index (Phi) is 5.86. The molecule has 128 valence electrons. The van der Waals surface area contributed by atoms with Crippen LogP contribution in [-0.4, -0.2) is 50.7 Å². The minimum absolute atomic E-state index is 0.171. The quantitative estimate of drug-likeness (QED) is 0.509. The second kappa shape index (κ2) is 7.28.